The molecule has 0 aliphatic carbocycles. The molecule has 4 heteroatoms. The largest absolute Gasteiger partial charge is 0.375 e. The number of nitrogens with two attached hydrogens (primary N) is 1. The minimum Gasteiger partial charge on any atom is -0.375 e. The van der Waals surface area contributed by atoms with E-state index in [1.54, 1.807) is 0 Å². The van der Waals surface area contributed by atoms with Crippen molar-refractivity contribution in [1.29, 1.82) is 0 Å². The van der Waals surface area contributed by atoms with E-state index in [1.807, 2.05) is 13.8 Å². The Balaban J connectivity index is 2.76. The summed E-state index contributed by atoms with van der Waals surface area (Å²) in [6, 6.07) is 0. The SMILES string of the molecule is CCCNC1(C(N)=O)CCOC(C)(C)C1. The lowest BCUT2D eigenvalue weighted by Crippen LogP contribution is -2.62. The minimum absolute atomic E-state index is 0.257. The van der Waals surface area contributed by atoms with Crippen LogP contribution in [-0.4, -0.2) is 30.2 Å². The summed E-state index contributed by atoms with van der Waals surface area (Å²) >= 11 is 0. The van der Waals surface area contributed by atoms with Crippen LogP contribution in [0, 0.1) is 0 Å². The number of hydrogen-bond acceptors (Lipinski definition) is 3. The highest BCUT2D eigenvalue weighted by atomic mass is 16.5. The fourth-order valence-corrected chi connectivity index (χ4v) is 2.18. The van der Waals surface area contributed by atoms with Gasteiger partial charge in [0.1, 0.15) is 5.54 Å². The molecule has 1 rings (SSSR count). The molecule has 1 unspecified atom stereocenters. The molecule has 0 aromatic heterocycles. The van der Waals surface area contributed by atoms with Gasteiger partial charge in [-0.15, -0.1) is 0 Å². The molecule has 3 N–H and O–H groups in total. The number of nitrogens with one attached hydrogen (secondary N) is 1. The molecule has 1 aliphatic rings. The highest BCUT2D eigenvalue weighted by Crippen LogP contribution is 2.31. The van der Waals surface area contributed by atoms with E-state index >= 15 is 0 Å². The van der Waals surface area contributed by atoms with E-state index in [2.05, 4.69) is 12.2 Å². The Hall–Kier alpha value is -0.610. The molecule has 0 bridgehead atoms. The van der Waals surface area contributed by atoms with Gasteiger partial charge in [0.05, 0.1) is 5.60 Å². The first-order valence-electron chi connectivity index (χ1n) is 5.61. The molecule has 1 saturated heterocycles. The monoisotopic (exact) mass is 214 g/mol. The highest BCUT2D eigenvalue weighted by Gasteiger charge is 2.44. The molecular formula is C11H22N2O2. The first-order chi connectivity index (χ1) is 6.92. The maximum Gasteiger partial charge on any atom is 0.237 e. The van der Waals surface area contributed by atoms with Gasteiger partial charge in [-0.1, -0.05) is 6.92 Å². The zero-order valence-electron chi connectivity index (χ0n) is 9.93. The second-order valence-corrected chi connectivity index (χ2v) is 4.91. The van der Waals surface area contributed by atoms with Crippen molar-refractivity contribution in [3.63, 3.8) is 0 Å². The molecule has 1 heterocycles. The predicted octanol–water partition coefficient (Wildman–Crippen LogP) is 0.799. The van der Waals surface area contributed by atoms with Crippen LogP contribution in [0.3, 0.4) is 0 Å². The van der Waals surface area contributed by atoms with Crippen molar-refractivity contribution < 1.29 is 9.53 Å². The summed E-state index contributed by atoms with van der Waals surface area (Å²) < 4.78 is 5.60. The Kier molecular flexibility index (Phi) is 3.73. The summed E-state index contributed by atoms with van der Waals surface area (Å²) in [7, 11) is 0. The lowest BCUT2D eigenvalue weighted by atomic mass is 9.80. The van der Waals surface area contributed by atoms with E-state index in [1.165, 1.54) is 0 Å². The summed E-state index contributed by atoms with van der Waals surface area (Å²) in [5.74, 6) is -0.257. The fraction of sp³-hybridized carbons (Fsp3) is 0.909. The Labute approximate surface area is 91.5 Å². The maximum absolute atomic E-state index is 11.6. The standard InChI is InChI=1S/C11H22N2O2/c1-4-6-13-11(9(12)14)5-7-15-10(2,3)8-11/h13H,4-8H2,1-3H3,(H2,12,14). The molecule has 0 saturated carbocycles. The van der Waals surface area contributed by atoms with E-state index < -0.39 is 5.54 Å². The lowest BCUT2D eigenvalue weighted by molar-refractivity contribution is -0.138. The van der Waals surface area contributed by atoms with Crippen LogP contribution in [-0.2, 0) is 9.53 Å². The van der Waals surface area contributed by atoms with E-state index in [4.69, 9.17) is 10.5 Å². The molecule has 0 aromatic rings. The number of ether oxygens (including phenoxy) is 1. The molecule has 15 heavy (non-hydrogen) atoms. The van der Waals surface area contributed by atoms with Gasteiger partial charge in [-0.2, -0.15) is 0 Å². The molecule has 1 aliphatic heterocycles. The lowest BCUT2D eigenvalue weighted by Gasteiger charge is -2.43. The molecule has 1 amide bonds. The number of primary amides is 1. The highest BCUT2D eigenvalue weighted by molar-refractivity contribution is 5.85. The maximum atomic E-state index is 11.6. The summed E-state index contributed by atoms with van der Waals surface area (Å²) in [6.07, 6.45) is 2.32. The van der Waals surface area contributed by atoms with E-state index in [9.17, 15) is 4.79 Å². The Bertz CT molecular complexity index is 241. The van der Waals surface area contributed by atoms with Gasteiger partial charge in [-0.25, -0.2) is 0 Å². The van der Waals surface area contributed by atoms with Crippen LogP contribution in [0.1, 0.15) is 40.0 Å². The van der Waals surface area contributed by atoms with Crippen molar-refractivity contribution >= 4 is 5.91 Å². The normalized spacial score (nSPS) is 30.1. The van der Waals surface area contributed by atoms with Gasteiger partial charge in [0.25, 0.3) is 0 Å². The van der Waals surface area contributed by atoms with Crippen LogP contribution in [0.4, 0.5) is 0 Å². The smallest absolute Gasteiger partial charge is 0.237 e. The van der Waals surface area contributed by atoms with Gasteiger partial charge in [-0.05, 0) is 33.2 Å². The van der Waals surface area contributed by atoms with Crippen molar-refractivity contribution in [2.45, 2.75) is 51.2 Å². The molecule has 0 spiro atoms. The topological polar surface area (TPSA) is 64.3 Å². The average molecular weight is 214 g/mol. The van der Waals surface area contributed by atoms with Gasteiger partial charge in [-0.3, -0.25) is 4.79 Å². The van der Waals surface area contributed by atoms with Crippen LogP contribution in [0.2, 0.25) is 0 Å². The number of amides is 1. The van der Waals surface area contributed by atoms with Gasteiger partial charge in [0, 0.05) is 13.0 Å². The van der Waals surface area contributed by atoms with E-state index in [0.29, 0.717) is 19.4 Å². The molecule has 88 valence electrons. The summed E-state index contributed by atoms with van der Waals surface area (Å²) in [4.78, 5) is 11.6. The van der Waals surface area contributed by atoms with Gasteiger partial charge in [0.2, 0.25) is 5.91 Å². The molecule has 1 atom stereocenters. The number of carbonyl (C=O) groups excluding carboxylic acids is 1. The first kappa shape index (κ1) is 12.5. The zero-order valence-corrected chi connectivity index (χ0v) is 9.93. The van der Waals surface area contributed by atoms with Crippen molar-refractivity contribution in [2.75, 3.05) is 13.2 Å². The third kappa shape index (κ3) is 2.92. The van der Waals surface area contributed by atoms with Crippen LogP contribution < -0.4 is 11.1 Å². The number of rotatable bonds is 4. The average Bonchev–Trinajstić information content (AvgIpc) is 2.13. The third-order valence-electron chi connectivity index (χ3n) is 2.93. The fourth-order valence-electron chi connectivity index (χ4n) is 2.18. The second-order valence-electron chi connectivity index (χ2n) is 4.91. The molecule has 0 radical (unpaired) electrons. The van der Waals surface area contributed by atoms with Crippen molar-refractivity contribution in [3.05, 3.63) is 0 Å². The first-order valence-corrected chi connectivity index (χ1v) is 5.61. The molecule has 4 nitrogen and oxygen atoms in total. The Morgan fingerprint density at radius 1 is 1.53 bits per heavy atom. The Morgan fingerprint density at radius 3 is 2.67 bits per heavy atom. The minimum atomic E-state index is -0.572. The van der Waals surface area contributed by atoms with E-state index in [0.717, 1.165) is 13.0 Å². The van der Waals surface area contributed by atoms with Crippen LogP contribution in [0.15, 0.2) is 0 Å². The van der Waals surface area contributed by atoms with Gasteiger partial charge in [0.15, 0.2) is 0 Å². The van der Waals surface area contributed by atoms with E-state index in [-0.39, 0.29) is 11.5 Å². The summed E-state index contributed by atoms with van der Waals surface area (Å²) in [5.41, 5.74) is 4.67. The van der Waals surface area contributed by atoms with Gasteiger partial charge >= 0.3 is 0 Å². The summed E-state index contributed by atoms with van der Waals surface area (Å²) in [6.45, 7) is 7.48. The molecular weight excluding hydrogens is 192 g/mol. The third-order valence-corrected chi connectivity index (χ3v) is 2.93. The van der Waals surface area contributed by atoms with Gasteiger partial charge < -0.3 is 15.8 Å². The zero-order chi connectivity index (χ0) is 11.5. The van der Waals surface area contributed by atoms with Crippen molar-refractivity contribution in [1.82, 2.24) is 5.32 Å². The predicted molar refractivity (Wildman–Crippen MR) is 59.5 cm³/mol. The summed E-state index contributed by atoms with van der Waals surface area (Å²) in [5, 5.41) is 3.29. The van der Waals surface area contributed by atoms with Crippen LogP contribution >= 0.6 is 0 Å². The van der Waals surface area contributed by atoms with Crippen molar-refractivity contribution in [2.24, 2.45) is 5.73 Å². The number of hydrogen-bond donors (Lipinski definition) is 2. The van der Waals surface area contributed by atoms with Crippen LogP contribution in [0.25, 0.3) is 0 Å². The second kappa shape index (κ2) is 4.49. The molecule has 0 aromatic carbocycles. The Morgan fingerprint density at radius 2 is 2.20 bits per heavy atom. The molecule has 1 fully saturated rings. The van der Waals surface area contributed by atoms with Crippen molar-refractivity contribution in [3.8, 4) is 0 Å². The number of carbonyl (C=O) groups is 1. The quantitative estimate of drug-likeness (QED) is 0.727. The van der Waals surface area contributed by atoms with Crippen LogP contribution in [0.5, 0.6) is 0 Å².